The fourth-order valence-electron chi connectivity index (χ4n) is 1.63. The number of rotatable bonds is 2. The predicted octanol–water partition coefficient (Wildman–Crippen LogP) is 4.35. The van der Waals surface area contributed by atoms with E-state index in [1.807, 2.05) is 11.5 Å². The van der Waals surface area contributed by atoms with Gasteiger partial charge in [0.15, 0.2) is 4.77 Å². The summed E-state index contributed by atoms with van der Waals surface area (Å²) in [4.78, 5) is 2.98. The highest BCUT2D eigenvalue weighted by Crippen LogP contribution is 2.25. The Morgan fingerprint density at radius 1 is 1.62 bits per heavy atom. The quantitative estimate of drug-likeness (QED) is 0.646. The van der Waals surface area contributed by atoms with E-state index < -0.39 is 0 Å². The first-order valence-electron chi connectivity index (χ1n) is 4.76. The Morgan fingerprint density at radius 2 is 2.31 bits per heavy atom. The van der Waals surface area contributed by atoms with E-state index in [0.29, 0.717) is 14.8 Å². The summed E-state index contributed by atoms with van der Waals surface area (Å²) in [5.41, 5.74) is 1.56. The number of fused-ring (bicyclic) bond motifs is 1. The molecule has 1 atom stereocenters. The second-order valence-corrected chi connectivity index (χ2v) is 4.80. The molecule has 0 saturated carbocycles. The molecule has 0 aliphatic heterocycles. The first-order chi connectivity index (χ1) is 7.54. The molecule has 0 bridgehead atoms. The highest BCUT2D eigenvalue weighted by molar-refractivity contribution is 9.10. The van der Waals surface area contributed by atoms with Gasteiger partial charge in [0.05, 0.1) is 21.5 Å². The van der Waals surface area contributed by atoms with Crippen LogP contribution in [0.4, 0.5) is 4.39 Å². The summed E-state index contributed by atoms with van der Waals surface area (Å²) in [5.74, 6) is -0.304. The zero-order valence-electron chi connectivity index (χ0n) is 8.63. The summed E-state index contributed by atoms with van der Waals surface area (Å²) in [6.07, 6.45) is 1.79. The first kappa shape index (κ1) is 11.5. The second kappa shape index (κ2) is 4.14. The lowest BCUT2D eigenvalue weighted by Gasteiger charge is -2.09. The summed E-state index contributed by atoms with van der Waals surface area (Å²) in [5, 5.41) is 0. The molecule has 0 aliphatic rings. The Balaban J connectivity index is 2.84. The molecule has 0 fully saturated rings. The summed E-state index contributed by atoms with van der Waals surface area (Å²) in [7, 11) is 0. The van der Waals surface area contributed by atoms with Crippen LogP contribution in [-0.4, -0.2) is 9.55 Å². The van der Waals surface area contributed by atoms with Gasteiger partial charge in [-0.25, -0.2) is 4.39 Å². The highest BCUT2D eigenvalue weighted by Gasteiger charge is 2.11. The van der Waals surface area contributed by atoms with E-state index in [9.17, 15) is 4.39 Å². The van der Waals surface area contributed by atoms with Crippen LogP contribution in [-0.2, 0) is 0 Å². The molecule has 1 unspecified atom stereocenters. The van der Waals surface area contributed by atoms with E-state index in [2.05, 4.69) is 27.5 Å². The topological polar surface area (TPSA) is 20.7 Å². The van der Waals surface area contributed by atoms with Crippen molar-refractivity contribution in [2.45, 2.75) is 13.0 Å². The average Bonchev–Trinajstić information content (AvgIpc) is 2.54. The Hall–Kier alpha value is -0.940. The monoisotopic (exact) mass is 300 g/mol. The van der Waals surface area contributed by atoms with Crippen molar-refractivity contribution >= 4 is 39.2 Å². The smallest absolute Gasteiger partial charge is 0.178 e. The lowest BCUT2D eigenvalue weighted by Crippen LogP contribution is -2.01. The largest absolute Gasteiger partial charge is 0.330 e. The molecule has 1 aromatic carbocycles. The third kappa shape index (κ3) is 1.74. The zero-order chi connectivity index (χ0) is 11.9. The van der Waals surface area contributed by atoms with Crippen LogP contribution in [0.5, 0.6) is 0 Å². The third-order valence-electron chi connectivity index (χ3n) is 2.51. The van der Waals surface area contributed by atoms with Gasteiger partial charge >= 0.3 is 0 Å². The molecule has 1 N–H and O–H groups in total. The summed E-state index contributed by atoms with van der Waals surface area (Å²) < 4.78 is 16.2. The van der Waals surface area contributed by atoms with Gasteiger partial charge in [-0.15, -0.1) is 6.58 Å². The van der Waals surface area contributed by atoms with E-state index >= 15 is 0 Å². The normalized spacial score (nSPS) is 12.9. The number of aromatic nitrogens is 2. The first-order valence-corrected chi connectivity index (χ1v) is 5.96. The summed E-state index contributed by atoms with van der Waals surface area (Å²) >= 11 is 8.37. The number of imidazole rings is 1. The number of hydrogen-bond acceptors (Lipinski definition) is 1. The zero-order valence-corrected chi connectivity index (χ0v) is 11.0. The molecule has 2 rings (SSSR count). The molecular weight excluding hydrogens is 291 g/mol. The van der Waals surface area contributed by atoms with Gasteiger partial charge in [0, 0.05) is 6.07 Å². The number of allylic oxidation sites excluding steroid dienone is 1. The maximum Gasteiger partial charge on any atom is 0.178 e. The van der Waals surface area contributed by atoms with Crippen molar-refractivity contribution < 1.29 is 4.39 Å². The molecule has 5 heteroatoms. The van der Waals surface area contributed by atoms with Gasteiger partial charge < -0.3 is 9.55 Å². The minimum Gasteiger partial charge on any atom is -0.330 e. The fourth-order valence-corrected chi connectivity index (χ4v) is 2.34. The molecule has 2 aromatic rings. The number of hydrogen-bond donors (Lipinski definition) is 1. The van der Waals surface area contributed by atoms with Crippen LogP contribution in [0.2, 0.25) is 0 Å². The standard InChI is InChI=1S/C11H10BrFN2S/c1-3-6(2)15-10-4-7(12)8(13)5-9(10)14-11(15)16/h3-6H,1H2,2H3,(H,14,16). The summed E-state index contributed by atoms with van der Waals surface area (Å²) in [6, 6.07) is 3.22. The number of H-pyrrole nitrogens is 1. The molecule has 0 saturated heterocycles. The van der Waals surface area contributed by atoms with Crippen LogP contribution in [0, 0.1) is 10.6 Å². The van der Waals surface area contributed by atoms with Crippen LogP contribution in [0.15, 0.2) is 29.3 Å². The number of benzene rings is 1. The van der Waals surface area contributed by atoms with Crippen LogP contribution in [0.25, 0.3) is 11.0 Å². The van der Waals surface area contributed by atoms with Crippen LogP contribution < -0.4 is 0 Å². The number of aromatic amines is 1. The second-order valence-electron chi connectivity index (χ2n) is 3.56. The predicted molar refractivity (Wildman–Crippen MR) is 69.7 cm³/mol. The van der Waals surface area contributed by atoms with E-state index in [0.717, 1.165) is 5.52 Å². The lowest BCUT2D eigenvalue weighted by molar-refractivity contribution is 0.622. The maximum absolute atomic E-state index is 13.3. The molecule has 2 nitrogen and oxygen atoms in total. The average molecular weight is 301 g/mol. The maximum atomic E-state index is 13.3. The van der Waals surface area contributed by atoms with Gasteiger partial charge in [0.2, 0.25) is 0 Å². The molecule has 0 amide bonds. The third-order valence-corrected chi connectivity index (χ3v) is 3.41. The number of nitrogens with one attached hydrogen (secondary N) is 1. The van der Waals surface area contributed by atoms with Gasteiger partial charge in [-0.3, -0.25) is 0 Å². The van der Waals surface area contributed by atoms with Crippen molar-refractivity contribution in [3.05, 3.63) is 39.8 Å². The van der Waals surface area contributed by atoms with Gasteiger partial charge in [-0.2, -0.15) is 0 Å². The molecule has 0 spiro atoms. The Labute approximate surface area is 106 Å². The Bertz CT molecular complexity index is 614. The van der Waals surface area contributed by atoms with Gasteiger partial charge in [0.25, 0.3) is 0 Å². The van der Waals surface area contributed by atoms with Crippen molar-refractivity contribution in [2.75, 3.05) is 0 Å². The Kier molecular flexibility index (Phi) is 2.99. The van der Waals surface area contributed by atoms with Gasteiger partial charge in [0.1, 0.15) is 5.82 Å². The Morgan fingerprint density at radius 3 is 2.94 bits per heavy atom. The van der Waals surface area contributed by atoms with Crippen molar-refractivity contribution in [2.24, 2.45) is 0 Å². The van der Waals surface area contributed by atoms with Crippen LogP contribution in [0.3, 0.4) is 0 Å². The SMILES string of the molecule is C=CC(C)n1c(=S)[nH]c2cc(F)c(Br)cc21. The van der Waals surface area contributed by atoms with Crippen LogP contribution >= 0.6 is 28.1 Å². The van der Waals surface area contributed by atoms with Crippen molar-refractivity contribution in [1.82, 2.24) is 9.55 Å². The molecule has 1 heterocycles. The van der Waals surface area contributed by atoms with Crippen molar-refractivity contribution in [3.8, 4) is 0 Å². The van der Waals surface area contributed by atoms with Gasteiger partial charge in [-0.1, -0.05) is 6.08 Å². The van der Waals surface area contributed by atoms with E-state index in [1.54, 1.807) is 12.1 Å². The van der Waals surface area contributed by atoms with Gasteiger partial charge in [-0.05, 0) is 41.1 Å². The minimum atomic E-state index is -0.304. The highest BCUT2D eigenvalue weighted by atomic mass is 79.9. The van der Waals surface area contributed by atoms with E-state index in [1.165, 1.54) is 6.07 Å². The lowest BCUT2D eigenvalue weighted by atomic mass is 10.2. The van der Waals surface area contributed by atoms with E-state index in [-0.39, 0.29) is 11.9 Å². The molecular formula is C11H10BrFN2S. The molecule has 0 radical (unpaired) electrons. The van der Waals surface area contributed by atoms with Crippen LogP contribution in [0.1, 0.15) is 13.0 Å². The molecule has 1 aromatic heterocycles. The van der Waals surface area contributed by atoms with E-state index in [4.69, 9.17) is 12.2 Å². The van der Waals surface area contributed by atoms with Crippen molar-refractivity contribution in [3.63, 3.8) is 0 Å². The molecule has 0 aliphatic carbocycles. The number of halogens is 2. The fraction of sp³-hybridized carbons (Fsp3) is 0.182. The minimum absolute atomic E-state index is 0.0682. The molecule has 84 valence electrons. The van der Waals surface area contributed by atoms with Crippen molar-refractivity contribution in [1.29, 1.82) is 0 Å². The summed E-state index contributed by atoms with van der Waals surface area (Å²) in [6.45, 7) is 5.72. The number of nitrogens with zero attached hydrogens (tertiary/aromatic N) is 1. The molecule has 16 heavy (non-hydrogen) atoms.